The van der Waals surface area contributed by atoms with Crippen molar-refractivity contribution < 1.29 is 14.6 Å². The Hall–Kier alpha value is -2.49. The Morgan fingerprint density at radius 3 is 2.55 bits per heavy atom. The number of benzene rings is 2. The van der Waals surface area contributed by atoms with E-state index in [-0.39, 0.29) is 6.42 Å². The van der Waals surface area contributed by atoms with Gasteiger partial charge in [-0.15, -0.1) is 0 Å². The van der Waals surface area contributed by atoms with Crippen LogP contribution in [0.1, 0.15) is 30.4 Å². The molecular weight excluding hydrogens is 278 g/mol. The summed E-state index contributed by atoms with van der Waals surface area (Å²) in [4.78, 5) is 10.4. The number of carbonyl (C=O) groups is 1. The number of unbranched alkanes of at least 4 members (excludes halogenated alkanes) is 1. The van der Waals surface area contributed by atoms with E-state index in [1.54, 1.807) is 0 Å². The Labute approximate surface area is 130 Å². The minimum Gasteiger partial charge on any atom is -0.494 e. The molecule has 2 aromatic rings. The van der Waals surface area contributed by atoms with Gasteiger partial charge in [0.2, 0.25) is 0 Å². The fourth-order valence-corrected chi connectivity index (χ4v) is 2.21. The van der Waals surface area contributed by atoms with Gasteiger partial charge in [-0.25, -0.2) is 0 Å². The first-order chi connectivity index (χ1) is 10.6. The number of carboxylic acid groups (broad SMARTS) is 1. The number of rotatable bonds is 8. The third kappa shape index (κ3) is 5.13. The van der Waals surface area contributed by atoms with Crippen LogP contribution in [0.4, 0.5) is 5.69 Å². The average molecular weight is 299 g/mol. The first kappa shape index (κ1) is 15.9. The highest BCUT2D eigenvalue weighted by Gasteiger charge is 2.04. The van der Waals surface area contributed by atoms with Crippen LogP contribution >= 0.6 is 0 Å². The summed E-state index contributed by atoms with van der Waals surface area (Å²) < 4.78 is 5.60. The molecule has 0 aliphatic rings. The Morgan fingerprint density at radius 2 is 1.86 bits per heavy atom. The number of hydrogen-bond donors (Lipinski definition) is 2. The zero-order chi connectivity index (χ0) is 15.8. The van der Waals surface area contributed by atoms with Gasteiger partial charge in [0.05, 0.1) is 6.61 Å². The third-order valence-corrected chi connectivity index (χ3v) is 3.41. The Balaban J connectivity index is 1.85. The highest BCUT2D eigenvalue weighted by atomic mass is 16.5. The lowest BCUT2D eigenvalue weighted by Crippen LogP contribution is -2.02. The molecule has 0 amide bonds. The molecule has 2 rings (SSSR count). The molecule has 4 heteroatoms. The summed E-state index contributed by atoms with van der Waals surface area (Å²) in [6, 6.07) is 15.9. The molecule has 4 nitrogen and oxygen atoms in total. The first-order valence-electron chi connectivity index (χ1n) is 7.42. The molecule has 0 spiro atoms. The zero-order valence-corrected chi connectivity index (χ0v) is 12.5. The monoisotopic (exact) mass is 299 g/mol. The molecule has 0 bridgehead atoms. The van der Waals surface area contributed by atoms with Crippen LogP contribution < -0.4 is 10.5 Å². The van der Waals surface area contributed by atoms with Crippen molar-refractivity contribution in [1.29, 1.82) is 0 Å². The average Bonchev–Trinajstić information content (AvgIpc) is 2.50. The second kappa shape index (κ2) is 8.08. The molecule has 22 heavy (non-hydrogen) atoms. The minimum absolute atomic E-state index is 0.182. The lowest BCUT2D eigenvalue weighted by Gasteiger charge is -2.10. The number of nitrogens with two attached hydrogens (primary N) is 1. The van der Waals surface area contributed by atoms with Crippen LogP contribution in [0.25, 0.3) is 0 Å². The summed E-state index contributed by atoms with van der Waals surface area (Å²) >= 11 is 0. The molecule has 0 heterocycles. The SMILES string of the molecule is Nc1cc(OCCCCC(=O)O)ccc1Cc1ccccc1. The third-order valence-electron chi connectivity index (χ3n) is 3.41. The highest BCUT2D eigenvalue weighted by molar-refractivity contribution is 5.66. The second-order valence-electron chi connectivity index (χ2n) is 5.22. The molecule has 0 aliphatic carbocycles. The number of aliphatic carboxylic acids is 1. The van der Waals surface area contributed by atoms with Crippen LogP contribution in [-0.4, -0.2) is 17.7 Å². The molecule has 116 valence electrons. The lowest BCUT2D eigenvalue weighted by molar-refractivity contribution is -0.137. The molecule has 0 saturated carbocycles. The van der Waals surface area contributed by atoms with Gasteiger partial charge in [-0.05, 0) is 36.5 Å². The molecule has 0 aliphatic heterocycles. The van der Waals surface area contributed by atoms with Crippen LogP contribution in [0.3, 0.4) is 0 Å². The maximum Gasteiger partial charge on any atom is 0.303 e. The molecule has 0 aromatic heterocycles. The van der Waals surface area contributed by atoms with Crippen molar-refractivity contribution >= 4 is 11.7 Å². The van der Waals surface area contributed by atoms with Gasteiger partial charge < -0.3 is 15.6 Å². The quantitative estimate of drug-likeness (QED) is 0.578. The predicted molar refractivity (Wildman–Crippen MR) is 87.1 cm³/mol. The van der Waals surface area contributed by atoms with E-state index in [0.29, 0.717) is 18.7 Å². The Kier molecular flexibility index (Phi) is 5.83. The van der Waals surface area contributed by atoms with Crippen LogP contribution in [0, 0.1) is 0 Å². The van der Waals surface area contributed by atoms with Crippen molar-refractivity contribution in [2.75, 3.05) is 12.3 Å². The summed E-state index contributed by atoms with van der Waals surface area (Å²) in [6.45, 7) is 0.505. The zero-order valence-electron chi connectivity index (χ0n) is 12.5. The van der Waals surface area contributed by atoms with E-state index >= 15 is 0 Å². The Morgan fingerprint density at radius 1 is 1.09 bits per heavy atom. The van der Waals surface area contributed by atoms with Crippen LogP contribution in [0.5, 0.6) is 5.75 Å². The summed E-state index contributed by atoms with van der Waals surface area (Å²) in [5, 5.41) is 8.56. The van der Waals surface area contributed by atoms with Crippen LogP contribution in [-0.2, 0) is 11.2 Å². The number of nitrogen functional groups attached to an aromatic ring is 1. The lowest BCUT2D eigenvalue weighted by atomic mass is 10.0. The molecule has 3 N–H and O–H groups in total. The van der Waals surface area contributed by atoms with E-state index < -0.39 is 5.97 Å². The predicted octanol–water partition coefficient (Wildman–Crippen LogP) is 3.49. The van der Waals surface area contributed by atoms with E-state index in [1.807, 2.05) is 36.4 Å². The summed E-state index contributed by atoms with van der Waals surface area (Å²) in [7, 11) is 0. The number of carboxylic acids is 1. The highest BCUT2D eigenvalue weighted by Crippen LogP contribution is 2.22. The van der Waals surface area contributed by atoms with E-state index in [4.69, 9.17) is 15.6 Å². The van der Waals surface area contributed by atoms with Gasteiger partial charge in [0, 0.05) is 18.2 Å². The van der Waals surface area contributed by atoms with Crippen molar-refractivity contribution in [3.63, 3.8) is 0 Å². The molecule has 0 radical (unpaired) electrons. The Bertz CT molecular complexity index is 611. The minimum atomic E-state index is -0.769. The first-order valence-corrected chi connectivity index (χ1v) is 7.42. The maximum absolute atomic E-state index is 10.4. The van der Waals surface area contributed by atoms with Gasteiger partial charge >= 0.3 is 5.97 Å². The van der Waals surface area contributed by atoms with E-state index in [1.165, 1.54) is 5.56 Å². The summed E-state index contributed by atoms with van der Waals surface area (Å²) in [5.74, 6) is -0.0425. The second-order valence-corrected chi connectivity index (χ2v) is 5.22. The van der Waals surface area contributed by atoms with Gasteiger partial charge in [0.15, 0.2) is 0 Å². The van der Waals surface area contributed by atoms with Crippen LogP contribution in [0.15, 0.2) is 48.5 Å². The van der Waals surface area contributed by atoms with Crippen molar-refractivity contribution in [2.45, 2.75) is 25.7 Å². The van der Waals surface area contributed by atoms with Gasteiger partial charge in [0.1, 0.15) is 5.75 Å². The largest absolute Gasteiger partial charge is 0.494 e. The van der Waals surface area contributed by atoms with Crippen molar-refractivity contribution in [2.24, 2.45) is 0 Å². The van der Waals surface area contributed by atoms with Crippen molar-refractivity contribution in [1.82, 2.24) is 0 Å². The molecular formula is C18H21NO3. The van der Waals surface area contributed by atoms with Gasteiger partial charge in [-0.1, -0.05) is 36.4 Å². The fraction of sp³-hybridized carbons (Fsp3) is 0.278. The molecule has 0 saturated heterocycles. The van der Waals surface area contributed by atoms with Crippen LogP contribution in [0.2, 0.25) is 0 Å². The maximum atomic E-state index is 10.4. The van der Waals surface area contributed by atoms with E-state index in [0.717, 1.165) is 24.2 Å². The number of ether oxygens (including phenoxy) is 1. The molecule has 0 atom stereocenters. The molecule has 2 aromatic carbocycles. The number of anilines is 1. The topological polar surface area (TPSA) is 72.5 Å². The van der Waals surface area contributed by atoms with Gasteiger partial charge in [-0.3, -0.25) is 4.79 Å². The summed E-state index contributed by atoms with van der Waals surface area (Å²) in [5.41, 5.74) is 9.09. The van der Waals surface area contributed by atoms with Gasteiger partial charge in [0.25, 0.3) is 0 Å². The van der Waals surface area contributed by atoms with E-state index in [9.17, 15) is 4.79 Å². The number of hydrogen-bond acceptors (Lipinski definition) is 3. The normalized spacial score (nSPS) is 10.4. The van der Waals surface area contributed by atoms with Gasteiger partial charge in [-0.2, -0.15) is 0 Å². The van der Waals surface area contributed by atoms with E-state index in [2.05, 4.69) is 12.1 Å². The van der Waals surface area contributed by atoms with Crippen molar-refractivity contribution in [3.05, 3.63) is 59.7 Å². The van der Waals surface area contributed by atoms with Crippen molar-refractivity contribution in [3.8, 4) is 5.75 Å². The molecule has 0 unspecified atom stereocenters. The molecule has 0 fully saturated rings. The summed E-state index contributed by atoms with van der Waals surface area (Å²) in [6.07, 6.45) is 2.32. The standard InChI is InChI=1S/C18H21NO3/c19-17-13-16(22-11-5-4-8-18(20)21)10-9-15(17)12-14-6-2-1-3-7-14/h1-3,6-7,9-10,13H,4-5,8,11-12,19H2,(H,20,21). The smallest absolute Gasteiger partial charge is 0.303 e. The fourth-order valence-electron chi connectivity index (χ4n) is 2.21.